The Labute approximate surface area is 391 Å². The van der Waals surface area contributed by atoms with Gasteiger partial charge in [-0.05, 0) is 116 Å². The molecule has 8 aliphatic carbocycles. The number of primary sulfonamides is 1. The molecule has 12 atom stereocenters. The van der Waals surface area contributed by atoms with E-state index in [1.54, 1.807) is 13.8 Å². The topological polar surface area (TPSA) is 282 Å². The van der Waals surface area contributed by atoms with E-state index in [0.717, 1.165) is 32.1 Å². The van der Waals surface area contributed by atoms with Gasteiger partial charge < -0.3 is 33.5 Å². The van der Waals surface area contributed by atoms with Gasteiger partial charge in [-0.2, -0.15) is 8.42 Å². The number of cyclic esters (lactones) is 1. The van der Waals surface area contributed by atoms with Crippen LogP contribution >= 0.6 is 0 Å². The van der Waals surface area contributed by atoms with Crippen LogP contribution in [0.4, 0.5) is 0 Å². The summed E-state index contributed by atoms with van der Waals surface area (Å²) in [5.74, 6) is -1.90. The predicted molar refractivity (Wildman–Crippen MR) is 235 cm³/mol. The first-order valence-corrected chi connectivity index (χ1v) is 25.6. The summed E-state index contributed by atoms with van der Waals surface area (Å²) in [5.41, 5.74) is 0.336. The predicted octanol–water partition coefficient (Wildman–Crippen LogP) is 3.33. The summed E-state index contributed by atoms with van der Waals surface area (Å²) in [6.07, 6.45) is 6.96. The molecule has 0 aromatic heterocycles. The quantitative estimate of drug-likeness (QED) is 0.130. The van der Waals surface area contributed by atoms with Crippen molar-refractivity contribution in [2.75, 3.05) is 13.2 Å². The molecule has 12 unspecified atom stereocenters. The van der Waals surface area contributed by atoms with Crippen LogP contribution in [-0.2, 0) is 81.5 Å². The number of carbonyl (C=O) groups is 6. The number of esters is 6. The molecule has 10 aliphatic rings. The summed E-state index contributed by atoms with van der Waals surface area (Å²) in [6, 6.07) is 0. The van der Waals surface area contributed by atoms with Gasteiger partial charge in [0.2, 0.25) is 16.1 Å². The summed E-state index contributed by atoms with van der Waals surface area (Å²) in [5, 5.41) is 14.8. The van der Waals surface area contributed by atoms with E-state index in [0.29, 0.717) is 68.1 Å². The van der Waals surface area contributed by atoms with Gasteiger partial charge in [-0.25, -0.2) is 42.3 Å². The van der Waals surface area contributed by atoms with Gasteiger partial charge in [0, 0.05) is 47.0 Å². The molecule has 3 N–H and O–H groups in total. The highest BCUT2D eigenvalue weighted by molar-refractivity contribution is 7.89. The van der Waals surface area contributed by atoms with Gasteiger partial charge in [-0.3, -0.25) is 4.18 Å². The molecule has 10 rings (SSSR count). The van der Waals surface area contributed by atoms with Crippen molar-refractivity contribution in [3.8, 4) is 0 Å². The average molecular weight is 982 g/mol. The van der Waals surface area contributed by atoms with Crippen molar-refractivity contribution < 1.29 is 83.3 Å². The Bertz CT molecular complexity index is 2290. The van der Waals surface area contributed by atoms with Gasteiger partial charge in [-0.1, -0.05) is 26.3 Å². The summed E-state index contributed by atoms with van der Waals surface area (Å²) in [4.78, 5) is 67.7. The maximum Gasteiger partial charge on any atom is 0.347 e. The summed E-state index contributed by atoms with van der Waals surface area (Å²) in [7, 11) is -6.98. The highest BCUT2D eigenvalue weighted by atomic mass is 32.2. The molecule has 0 radical (unpaired) electrons. The molecule has 0 spiro atoms. The van der Waals surface area contributed by atoms with Gasteiger partial charge in [0.05, 0.1) is 22.7 Å². The highest BCUT2D eigenvalue weighted by Crippen LogP contribution is 2.59. The van der Waals surface area contributed by atoms with Crippen LogP contribution in [0.3, 0.4) is 0 Å². The Hall–Kier alpha value is -4.44. The molecule has 67 heavy (non-hydrogen) atoms. The second kappa shape index (κ2) is 19.9. The van der Waals surface area contributed by atoms with E-state index in [-0.39, 0.29) is 46.9 Å². The monoisotopic (exact) mass is 981 g/mol. The fourth-order valence-electron chi connectivity index (χ4n) is 11.8. The molecule has 19 nitrogen and oxygen atoms in total. The number of ether oxygens (including phenoxy) is 6. The molecule has 2 saturated heterocycles. The first kappa shape index (κ1) is 51.9. The van der Waals surface area contributed by atoms with Crippen LogP contribution in [0.5, 0.6) is 0 Å². The van der Waals surface area contributed by atoms with Crippen molar-refractivity contribution in [2.45, 2.75) is 151 Å². The van der Waals surface area contributed by atoms with Crippen LogP contribution in [0.25, 0.3) is 0 Å². The van der Waals surface area contributed by atoms with Crippen LogP contribution in [0.1, 0.15) is 105 Å². The summed E-state index contributed by atoms with van der Waals surface area (Å²) in [6.45, 7) is 20.0. The third-order valence-electron chi connectivity index (χ3n) is 14.2. The zero-order chi connectivity index (χ0) is 49.6. The minimum atomic E-state index is -3.53. The third-order valence-corrected chi connectivity index (χ3v) is 17.4. The molecule has 372 valence electrons. The number of hydrogen-bond donors (Lipinski definition) is 2. The lowest BCUT2D eigenvalue weighted by Gasteiger charge is -2.59. The van der Waals surface area contributed by atoms with Crippen LogP contribution in [0.2, 0.25) is 0 Å². The maximum atomic E-state index is 11.8. The van der Waals surface area contributed by atoms with E-state index >= 15 is 0 Å². The minimum Gasteiger partial charge on any atom is -0.463 e. The van der Waals surface area contributed by atoms with Gasteiger partial charge in [0.1, 0.15) is 23.9 Å². The second-order valence-electron chi connectivity index (χ2n) is 20.0. The van der Waals surface area contributed by atoms with E-state index in [2.05, 4.69) is 31.1 Å². The molecule has 2 heterocycles. The Morgan fingerprint density at radius 2 is 1.36 bits per heavy atom. The number of sulfonamides is 1. The van der Waals surface area contributed by atoms with Crippen molar-refractivity contribution in [1.82, 2.24) is 0 Å². The first-order chi connectivity index (χ1) is 31.1. The Morgan fingerprint density at radius 3 is 1.87 bits per heavy atom. The lowest BCUT2D eigenvalue weighted by molar-refractivity contribution is -0.217. The molecule has 2 aliphatic heterocycles. The average Bonchev–Trinajstić information content (AvgIpc) is 4.07. The fourth-order valence-corrected chi connectivity index (χ4v) is 14.9. The Kier molecular flexibility index (Phi) is 15.4. The smallest absolute Gasteiger partial charge is 0.347 e. The molecular weight excluding hydrogens is 919 g/mol. The third kappa shape index (κ3) is 12.1. The van der Waals surface area contributed by atoms with Crippen molar-refractivity contribution >= 4 is 56.0 Å². The molecule has 21 heteroatoms. The van der Waals surface area contributed by atoms with Gasteiger partial charge >= 0.3 is 35.8 Å². The van der Waals surface area contributed by atoms with E-state index in [1.165, 1.54) is 20.3 Å². The van der Waals surface area contributed by atoms with Gasteiger partial charge in [-0.15, -0.1) is 0 Å². The van der Waals surface area contributed by atoms with Gasteiger partial charge in [0.15, 0.2) is 6.61 Å². The van der Waals surface area contributed by atoms with Crippen LogP contribution in [0.15, 0.2) is 48.6 Å². The fraction of sp³-hybridized carbons (Fsp3) is 0.696. The SMILES string of the molecule is C=C(C)C(=O)OC12CC3CC(CC(O)(C3)C1)C2.C=C(C)C(=O)OC1CC2CC1CC2S(N)(=O)=O.C=C(C)C(=O)OC1CCOC1=O.C=C(C)C(=O)OCC(=O)OC1C2CC3C1OS(=O)(=O)C3C2. The lowest BCUT2D eigenvalue weighted by atomic mass is 9.52. The molecule has 0 aromatic rings. The standard InChI is InChI=1S/C14H20O3.C13H16O7S.C11H17NO4S.C8H10O4/c1-9(2)12(15)17-14-6-10-3-11(7-14)5-13(16,4-10)8-14;1-6(2)13(15)18-5-10(14)19-11-7-3-8-9(4-7)21(16,17)20-12(8)11;1-6(2)11(13)16-9-4-8-3-7(9)5-10(8)17(12,14)15;1-5(2)7(9)12-6-3-4-11-8(6)10/h10-11,16H,1,3-8H2,2H3;7-9,11-12H,1,3-5H2,2H3;7-10H,1,3-5H2,2H3,(H2,12,14,15);6H,1,3-4H2,2H3. The molecule has 0 amide bonds. The molecule has 8 bridgehead atoms. The second-order valence-corrected chi connectivity index (χ2v) is 23.6. The number of aliphatic hydroxyl groups is 1. The Balaban J connectivity index is 0.000000150. The van der Waals surface area contributed by atoms with E-state index in [4.69, 9.17) is 33.0 Å². The lowest BCUT2D eigenvalue weighted by Crippen LogP contribution is -2.60. The van der Waals surface area contributed by atoms with Crippen molar-refractivity contribution in [1.29, 1.82) is 0 Å². The zero-order valence-corrected chi connectivity index (χ0v) is 40.1. The largest absolute Gasteiger partial charge is 0.463 e. The molecule has 0 aromatic carbocycles. The first-order valence-electron chi connectivity index (χ1n) is 22.6. The molecular formula is C46H63NO18S2. The van der Waals surface area contributed by atoms with Crippen LogP contribution in [-0.4, -0.2) is 117 Å². The molecule has 10 fully saturated rings. The van der Waals surface area contributed by atoms with Crippen molar-refractivity contribution in [2.24, 2.45) is 40.6 Å². The number of hydrogen-bond acceptors (Lipinski definition) is 18. The van der Waals surface area contributed by atoms with Crippen molar-refractivity contribution in [3.05, 3.63) is 48.6 Å². The minimum absolute atomic E-state index is 0.00284. The summed E-state index contributed by atoms with van der Waals surface area (Å²) >= 11 is 0. The zero-order valence-electron chi connectivity index (χ0n) is 38.4. The van der Waals surface area contributed by atoms with E-state index < -0.39 is 96.6 Å². The van der Waals surface area contributed by atoms with Crippen LogP contribution < -0.4 is 5.14 Å². The van der Waals surface area contributed by atoms with Crippen molar-refractivity contribution in [3.63, 3.8) is 0 Å². The molecule has 8 saturated carbocycles. The number of nitrogens with two attached hydrogens (primary N) is 1. The number of rotatable bonds is 11. The van der Waals surface area contributed by atoms with E-state index in [9.17, 15) is 50.7 Å². The normalized spacial score (nSPS) is 36.9. The van der Waals surface area contributed by atoms with Gasteiger partial charge in [0.25, 0.3) is 10.1 Å². The highest BCUT2D eigenvalue weighted by Gasteiger charge is 2.65. The maximum absolute atomic E-state index is 11.8. The summed E-state index contributed by atoms with van der Waals surface area (Å²) < 4.78 is 81.5. The van der Waals surface area contributed by atoms with Crippen LogP contribution in [0, 0.1) is 35.5 Å². The number of fused-ring (bicyclic) bond motifs is 3. The number of carbonyl (C=O) groups excluding carboxylic acids is 6. The van der Waals surface area contributed by atoms with E-state index in [1.807, 2.05) is 0 Å². The Morgan fingerprint density at radius 1 is 0.761 bits per heavy atom.